The molecule has 0 unspecified atom stereocenters. The second-order valence-electron chi connectivity index (χ2n) is 7.73. The van der Waals surface area contributed by atoms with Gasteiger partial charge in [0.2, 0.25) is 0 Å². The van der Waals surface area contributed by atoms with E-state index in [1.807, 2.05) is 23.6 Å². The van der Waals surface area contributed by atoms with Crippen molar-refractivity contribution >= 4 is 51.1 Å². The molecular formula is C26H17Cl2N5O2. The smallest absolute Gasteiger partial charge is 0.340 e. The van der Waals surface area contributed by atoms with Crippen LogP contribution in [0, 0.1) is 18.3 Å². The fraction of sp³-hybridized carbons (Fsp3) is 0.115. The lowest BCUT2D eigenvalue weighted by atomic mass is 10.0. The number of aryl methyl sites for hydroxylation is 1. The highest BCUT2D eigenvalue weighted by molar-refractivity contribution is 6.40. The van der Waals surface area contributed by atoms with E-state index >= 15 is 0 Å². The summed E-state index contributed by atoms with van der Waals surface area (Å²) in [6, 6.07) is 14.4. The van der Waals surface area contributed by atoms with Crippen LogP contribution in [0.1, 0.15) is 28.8 Å². The van der Waals surface area contributed by atoms with Crippen LogP contribution in [0.5, 0.6) is 0 Å². The van der Waals surface area contributed by atoms with Gasteiger partial charge in [-0.1, -0.05) is 23.2 Å². The van der Waals surface area contributed by atoms with Crippen molar-refractivity contribution in [3.63, 3.8) is 0 Å². The molecule has 0 aliphatic rings. The molecule has 0 fully saturated rings. The minimum absolute atomic E-state index is 0.223. The monoisotopic (exact) mass is 501 g/mol. The molecule has 0 saturated carbocycles. The molecule has 9 heteroatoms. The Labute approximate surface area is 210 Å². The fourth-order valence-electron chi connectivity index (χ4n) is 4.16. The molecule has 0 radical (unpaired) electrons. The Hall–Kier alpha value is -3.99. The molecule has 0 aliphatic heterocycles. The van der Waals surface area contributed by atoms with Crippen molar-refractivity contribution in [3.05, 3.63) is 82.0 Å². The molecule has 0 amide bonds. The Morgan fingerprint density at radius 1 is 1.03 bits per heavy atom. The van der Waals surface area contributed by atoms with E-state index in [1.54, 1.807) is 49.6 Å². The average molecular weight is 502 g/mol. The standard InChI is InChI=1S/C26H17Cl2N5O2/c1-3-35-26(34)18-11-16(15-6-8-30-17(10-15)13-29)12-22-24(18)32-14(2)33(22)21-7-9-31-25-20(28)5-4-19(27)23(21)25/h4-12H,3H2,1-2H3. The van der Waals surface area contributed by atoms with Gasteiger partial charge in [0.1, 0.15) is 23.1 Å². The van der Waals surface area contributed by atoms with Gasteiger partial charge in [-0.3, -0.25) is 9.55 Å². The van der Waals surface area contributed by atoms with Gasteiger partial charge in [-0.2, -0.15) is 5.26 Å². The normalized spacial score (nSPS) is 11.1. The van der Waals surface area contributed by atoms with E-state index in [0.29, 0.717) is 48.9 Å². The predicted octanol–water partition coefficient (Wildman–Crippen LogP) is 6.30. The molecule has 35 heavy (non-hydrogen) atoms. The van der Waals surface area contributed by atoms with Crippen molar-refractivity contribution in [2.75, 3.05) is 6.61 Å². The van der Waals surface area contributed by atoms with Gasteiger partial charge in [0.05, 0.1) is 38.9 Å². The molecule has 0 spiro atoms. The number of esters is 1. The summed E-state index contributed by atoms with van der Waals surface area (Å²) in [6.45, 7) is 3.82. The third-order valence-electron chi connectivity index (χ3n) is 5.64. The Bertz CT molecular complexity index is 1690. The first-order valence-corrected chi connectivity index (χ1v) is 11.5. The van der Waals surface area contributed by atoms with Crippen molar-refractivity contribution in [1.82, 2.24) is 19.5 Å². The van der Waals surface area contributed by atoms with Crippen molar-refractivity contribution in [2.45, 2.75) is 13.8 Å². The first-order chi connectivity index (χ1) is 16.9. The van der Waals surface area contributed by atoms with Crippen LogP contribution >= 0.6 is 23.2 Å². The summed E-state index contributed by atoms with van der Waals surface area (Å²) in [5.74, 6) is 0.151. The number of benzene rings is 2. The number of nitrogens with zero attached hydrogens (tertiary/aromatic N) is 5. The first-order valence-electron chi connectivity index (χ1n) is 10.7. The lowest BCUT2D eigenvalue weighted by Gasteiger charge is -2.13. The molecule has 0 atom stereocenters. The molecular weight excluding hydrogens is 485 g/mol. The summed E-state index contributed by atoms with van der Waals surface area (Å²) in [5, 5.41) is 10.9. The maximum Gasteiger partial charge on any atom is 0.340 e. The van der Waals surface area contributed by atoms with Crippen molar-refractivity contribution < 1.29 is 9.53 Å². The molecule has 5 aromatic rings. The van der Waals surface area contributed by atoms with E-state index in [9.17, 15) is 10.1 Å². The van der Waals surface area contributed by atoms with Crippen LogP contribution in [-0.2, 0) is 4.74 Å². The first kappa shape index (κ1) is 22.8. The van der Waals surface area contributed by atoms with Crippen LogP contribution in [0.25, 0.3) is 38.8 Å². The van der Waals surface area contributed by atoms with Gasteiger partial charge in [0.25, 0.3) is 0 Å². The molecule has 0 saturated heterocycles. The number of carbonyl (C=O) groups is 1. The average Bonchev–Trinajstić information content (AvgIpc) is 3.21. The summed E-state index contributed by atoms with van der Waals surface area (Å²) < 4.78 is 7.25. The van der Waals surface area contributed by atoms with Gasteiger partial charge in [-0.25, -0.2) is 14.8 Å². The van der Waals surface area contributed by atoms with Gasteiger partial charge in [0, 0.05) is 17.8 Å². The third-order valence-corrected chi connectivity index (χ3v) is 6.26. The van der Waals surface area contributed by atoms with Crippen LogP contribution in [0.2, 0.25) is 10.0 Å². The Morgan fingerprint density at radius 2 is 1.80 bits per heavy atom. The van der Waals surface area contributed by atoms with Gasteiger partial charge in [0.15, 0.2) is 0 Å². The Kier molecular flexibility index (Phi) is 5.85. The molecule has 0 aliphatic carbocycles. The lowest BCUT2D eigenvalue weighted by Crippen LogP contribution is -2.06. The maximum atomic E-state index is 12.9. The zero-order valence-corrected chi connectivity index (χ0v) is 20.2. The minimum Gasteiger partial charge on any atom is -0.462 e. The number of halogens is 2. The molecule has 7 nitrogen and oxygen atoms in total. The van der Waals surface area contributed by atoms with Crippen molar-refractivity contribution in [2.24, 2.45) is 0 Å². The summed E-state index contributed by atoms with van der Waals surface area (Å²) >= 11 is 13.0. The highest BCUT2D eigenvalue weighted by Gasteiger charge is 2.22. The number of hydrogen-bond acceptors (Lipinski definition) is 6. The van der Waals surface area contributed by atoms with E-state index < -0.39 is 5.97 Å². The molecule has 172 valence electrons. The van der Waals surface area contributed by atoms with Crippen molar-refractivity contribution in [1.29, 1.82) is 5.26 Å². The number of hydrogen-bond donors (Lipinski definition) is 0. The van der Waals surface area contributed by atoms with Gasteiger partial charge >= 0.3 is 5.97 Å². The largest absolute Gasteiger partial charge is 0.462 e. The second kappa shape index (κ2) is 8.99. The van der Waals surface area contributed by atoms with E-state index in [2.05, 4.69) is 16.0 Å². The van der Waals surface area contributed by atoms with Crippen LogP contribution < -0.4 is 0 Å². The van der Waals surface area contributed by atoms with Crippen LogP contribution in [0.15, 0.2) is 54.9 Å². The molecule has 5 rings (SSSR count). The van der Waals surface area contributed by atoms with E-state index in [4.69, 9.17) is 32.9 Å². The van der Waals surface area contributed by atoms with E-state index in [1.165, 1.54) is 0 Å². The van der Waals surface area contributed by atoms with Gasteiger partial charge < -0.3 is 4.74 Å². The van der Waals surface area contributed by atoms with Crippen LogP contribution in [-0.4, -0.2) is 32.1 Å². The third kappa shape index (κ3) is 3.87. The Morgan fingerprint density at radius 3 is 2.57 bits per heavy atom. The number of fused-ring (bicyclic) bond motifs is 2. The van der Waals surface area contributed by atoms with E-state index in [-0.39, 0.29) is 12.3 Å². The van der Waals surface area contributed by atoms with Gasteiger partial charge in [-0.15, -0.1) is 0 Å². The number of nitriles is 1. The van der Waals surface area contributed by atoms with Gasteiger partial charge in [-0.05, 0) is 67.4 Å². The Balaban J connectivity index is 1.88. The summed E-state index contributed by atoms with van der Waals surface area (Å²) in [7, 11) is 0. The highest BCUT2D eigenvalue weighted by Crippen LogP contribution is 2.36. The number of rotatable bonds is 4. The van der Waals surface area contributed by atoms with Crippen LogP contribution in [0.4, 0.5) is 0 Å². The summed E-state index contributed by atoms with van der Waals surface area (Å²) in [6.07, 6.45) is 3.21. The number of imidazole rings is 1. The number of carbonyl (C=O) groups excluding carboxylic acids is 1. The fourth-order valence-corrected chi connectivity index (χ4v) is 4.62. The second-order valence-corrected chi connectivity index (χ2v) is 8.55. The van der Waals surface area contributed by atoms with Crippen molar-refractivity contribution in [3.8, 4) is 22.9 Å². The maximum absolute atomic E-state index is 12.9. The summed E-state index contributed by atoms with van der Waals surface area (Å²) in [5.41, 5.74) is 4.47. The molecule has 3 aromatic heterocycles. The molecule has 0 bridgehead atoms. The topological polar surface area (TPSA) is 93.7 Å². The molecule has 3 heterocycles. The number of pyridine rings is 2. The number of aromatic nitrogens is 4. The quantitative estimate of drug-likeness (QED) is 0.268. The molecule has 0 N–H and O–H groups in total. The predicted molar refractivity (Wildman–Crippen MR) is 135 cm³/mol. The lowest BCUT2D eigenvalue weighted by molar-refractivity contribution is 0.0528. The zero-order chi connectivity index (χ0) is 24.7. The zero-order valence-electron chi connectivity index (χ0n) is 18.7. The minimum atomic E-state index is -0.487. The number of ether oxygens (including phenoxy) is 1. The van der Waals surface area contributed by atoms with Crippen LogP contribution in [0.3, 0.4) is 0 Å². The van der Waals surface area contributed by atoms with E-state index in [0.717, 1.165) is 11.3 Å². The summed E-state index contributed by atoms with van der Waals surface area (Å²) in [4.78, 5) is 26.1. The SMILES string of the molecule is CCOC(=O)c1cc(-c2ccnc(C#N)c2)cc2c1nc(C)n2-c1ccnc2c(Cl)ccc(Cl)c12. The highest BCUT2D eigenvalue weighted by atomic mass is 35.5. The molecule has 2 aromatic carbocycles.